The highest BCUT2D eigenvalue weighted by Crippen LogP contribution is 2.37. The molecule has 1 amide bonds. The molecule has 0 atom stereocenters. The van der Waals surface area contributed by atoms with E-state index in [1.165, 1.54) is 6.42 Å². The Morgan fingerprint density at radius 1 is 1.14 bits per heavy atom. The van der Waals surface area contributed by atoms with Crippen LogP contribution >= 0.6 is 11.6 Å². The molecule has 2 N–H and O–H groups in total. The number of aromatic hydroxyl groups is 1. The van der Waals surface area contributed by atoms with Crippen molar-refractivity contribution in [3.8, 4) is 11.5 Å². The summed E-state index contributed by atoms with van der Waals surface area (Å²) in [5.41, 5.74) is 1.98. The summed E-state index contributed by atoms with van der Waals surface area (Å²) in [7, 11) is 1.60. The Bertz CT molecular complexity index is 818. The number of methoxy groups -OCH3 is 1. The SMILES string of the molecule is COCCOc1ccc(NC(=O)c2ccc(O)c(C3CCCCC3)c2)cc1Cl. The van der Waals surface area contributed by atoms with Gasteiger partial charge in [0, 0.05) is 18.4 Å². The monoisotopic (exact) mass is 403 g/mol. The lowest BCUT2D eigenvalue weighted by Gasteiger charge is -2.23. The van der Waals surface area contributed by atoms with E-state index in [1.54, 1.807) is 37.4 Å². The van der Waals surface area contributed by atoms with Gasteiger partial charge in [-0.25, -0.2) is 0 Å². The average Bonchev–Trinajstić information content (AvgIpc) is 2.70. The number of hydrogen-bond donors (Lipinski definition) is 2. The van der Waals surface area contributed by atoms with E-state index < -0.39 is 0 Å². The van der Waals surface area contributed by atoms with Crippen LogP contribution < -0.4 is 10.1 Å². The zero-order valence-electron chi connectivity index (χ0n) is 16.0. The van der Waals surface area contributed by atoms with Crippen LogP contribution in [-0.4, -0.2) is 31.3 Å². The standard InChI is InChI=1S/C22H26ClNO4/c1-27-11-12-28-21-10-8-17(14-19(21)23)24-22(26)16-7-9-20(25)18(13-16)15-5-3-2-4-6-15/h7-10,13-15,25H,2-6,11-12H2,1H3,(H,24,26). The van der Waals surface area contributed by atoms with E-state index in [4.69, 9.17) is 21.1 Å². The van der Waals surface area contributed by atoms with Crippen molar-refractivity contribution in [1.29, 1.82) is 0 Å². The quantitative estimate of drug-likeness (QED) is 0.610. The minimum atomic E-state index is -0.235. The molecule has 1 aliphatic rings. The Kier molecular flexibility index (Phi) is 7.18. The van der Waals surface area contributed by atoms with Crippen molar-refractivity contribution in [1.82, 2.24) is 0 Å². The Morgan fingerprint density at radius 3 is 2.64 bits per heavy atom. The molecule has 0 bridgehead atoms. The van der Waals surface area contributed by atoms with Crippen LogP contribution in [0.3, 0.4) is 0 Å². The molecule has 0 aliphatic heterocycles. The Labute approximate surface area is 170 Å². The molecule has 1 fully saturated rings. The van der Waals surface area contributed by atoms with Crippen molar-refractivity contribution >= 4 is 23.2 Å². The van der Waals surface area contributed by atoms with E-state index in [0.717, 1.165) is 31.2 Å². The Balaban J connectivity index is 1.70. The number of ether oxygens (including phenoxy) is 2. The van der Waals surface area contributed by atoms with Gasteiger partial charge in [0.25, 0.3) is 5.91 Å². The summed E-state index contributed by atoms with van der Waals surface area (Å²) in [5, 5.41) is 13.5. The fourth-order valence-corrected chi connectivity index (χ4v) is 3.81. The van der Waals surface area contributed by atoms with Crippen LogP contribution in [0.2, 0.25) is 5.02 Å². The number of halogens is 1. The molecule has 150 valence electrons. The van der Waals surface area contributed by atoms with Gasteiger partial charge in [0.05, 0.1) is 11.6 Å². The molecule has 6 heteroatoms. The van der Waals surface area contributed by atoms with Crippen molar-refractivity contribution in [3.05, 3.63) is 52.5 Å². The minimum Gasteiger partial charge on any atom is -0.508 e. The lowest BCUT2D eigenvalue weighted by molar-refractivity contribution is 0.102. The number of phenolic OH excluding ortho intramolecular Hbond substituents is 1. The van der Waals surface area contributed by atoms with Gasteiger partial charge >= 0.3 is 0 Å². The number of anilines is 1. The Morgan fingerprint density at radius 2 is 1.93 bits per heavy atom. The molecule has 3 rings (SSSR count). The van der Waals surface area contributed by atoms with E-state index >= 15 is 0 Å². The minimum absolute atomic E-state index is 0.235. The number of nitrogens with one attached hydrogen (secondary N) is 1. The smallest absolute Gasteiger partial charge is 0.255 e. The summed E-state index contributed by atoms with van der Waals surface area (Å²) >= 11 is 6.24. The second kappa shape index (κ2) is 9.80. The summed E-state index contributed by atoms with van der Waals surface area (Å²) in [6.07, 6.45) is 5.68. The second-order valence-electron chi connectivity index (χ2n) is 7.05. The van der Waals surface area contributed by atoms with Gasteiger partial charge < -0.3 is 19.9 Å². The summed E-state index contributed by atoms with van der Waals surface area (Å²) in [6, 6.07) is 10.2. The van der Waals surface area contributed by atoms with Gasteiger partial charge in [-0.3, -0.25) is 4.79 Å². The van der Waals surface area contributed by atoms with E-state index in [9.17, 15) is 9.90 Å². The van der Waals surface area contributed by atoms with Crippen molar-refractivity contribution in [3.63, 3.8) is 0 Å². The fourth-order valence-electron chi connectivity index (χ4n) is 3.57. The van der Waals surface area contributed by atoms with E-state index in [-0.39, 0.29) is 11.7 Å². The van der Waals surface area contributed by atoms with Gasteiger partial charge in [-0.15, -0.1) is 0 Å². The van der Waals surface area contributed by atoms with Crippen LogP contribution in [0.4, 0.5) is 5.69 Å². The maximum Gasteiger partial charge on any atom is 0.255 e. The normalized spacial score (nSPS) is 14.6. The van der Waals surface area contributed by atoms with Crippen LogP contribution in [0, 0.1) is 0 Å². The number of rotatable bonds is 7. The first-order valence-corrected chi connectivity index (χ1v) is 10.0. The largest absolute Gasteiger partial charge is 0.508 e. The second-order valence-corrected chi connectivity index (χ2v) is 7.46. The summed E-state index contributed by atoms with van der Waals surface area (Å²) in [6.45, 7) is 0.873. The number of amides is 1. The van der Waals surface area contributed by atoms with E-state index in [2.05, 4.69) is 5.32 Å². The highest BCUT2D eigenvalue weighted by molar-refractivity contribution is 6.32. The first-order valence-electron chi connectivity index (χ1n) is 9.64. The molecule has 1 saturated carbocycles. The van der Waals surface area contributed by atoms with Crippen molar-refractivity contribution in [2.75, 3.05) is 25.6 Å². The zero-order chi connectivity index (χ0) is 19.9. The molecule has 0 aromatic heterocycles. The molecule has 1 aliphatic carbocycles. The van der Waals surface area contributed by atoms with Gasteiger partial charge in [0.1, 0.15) is 18.1 Å². The predicted molar refractivity (Wildman–Crippen MR) is 111 cm³/mol. The first-order chi connectivity index (χ1) is 13.6. The van der Waals surface area contributed by atoms with Gasteiger partial charge in [0.2, 0.25) is 0 Å². The number of carbonyl (C=O) groups excluding carboxylic acids is 1. The maximum atomic E-state index is 12.7. The molecule has 28 heavy (non-hydrogen) atoms. The third kappa shape index (κ3) is 5.18. The number of carbonyl (C=O) groups is 1. The van der Waals surface area contributed by atoms with Gasteiger partial charge in [-0.2, -0.15) is 0 Å². The molecule has 0 saturated heterocycles. The van der Waals surface area contributed by atoms with Crippen molar-refractivity contribution in [2.45, 2.75) is 38.0 Å². The number of phenols is 1. The van der Waals surface area contributed by atoms with Crippen LogP contribution in [-0.2, 0) is 4.74 Å². The lowest BCUT2D eigenvalue weighted by atomic mass is 9.83. The number of hydrogen-bond acceptors (Lipinski definition) is 4. The van der Waals surface area contributed by atoms with Gasteiger partial charge in [0.15, 0.2) is 0 Å². The lowest BCUT2D eigenvalue weighted by Crippen LogP contribution is -2.13. The first kappa shape index (κ1) is 20.5. The molecular weight excluding hydrogens is 378 g/mol. The third-order valence-electron chi connectivity index (χ3n) is 5.07. The van der Waals surface area contributed by atoms with Crippen molar-refractivity contribution in [2.24, 2.45) is 0 Å². The van der Waals surface area contributed by atoms with E-state index in [0.29, 0.717) is 41.2 Å². The molecule has 0 heterocycles. The zero-order valence-corrected chi connectivity index (χ0v) is 16.8. The van der Waals surface area contributed by atoms with Gasteiger partial charge in [-0.1, -0.05) is 30.9 Å². The van der Waals surface area contributed by atoms with Gasteiger partial charge in [-0.05, 0) is 60.7 Å². The van der Waals surface area contributed by atoms with Crippen LogP contribution in [0.15, 0.2) is 36.4 Å². The molecule has 0 radical (unpaired) electrons. The van der Waals surface area contributed by atoms with Crippen molar-refractivity contribution < 1.29 is 19.4 Å². The van der Waals surface area contributed by atoms with Crippen LogP contribution in [0.5, 0.6) is 11.5 Å². The molecule has 0 spiro atoms. The highest BCUT2D eigenvalue weighted by Gasteiger charge is 2.20. The number of benzene rings is 2. The topological polar surface area (TPSA) is 67.8 Å². The summed E-state index contributed by atoms with van der Waals surface area (Å²) < 4.78 is 10.5. The Hall–Kier alpha value is -2.24. The summed E-state index contributed by atoms with van der Waals surface area (Å²) in [5.74, 6) is 0.894. The highest BCUT2D eigenvalue weighted by atomic mass is 35.5. The molecule has 0 unspecified atom stereocenters. The third-order valence-corrected chi connectivity index (χ3v) is 5.36. The molecular formula is C22H26ClNO4. The average molecular weight is 404 g/mol. The predicted octanol–water partition coefficient (Wildman–Crippen LogP) is 5.37. The maximum absolute atomic E-state index is 12.7. The molecule has 2 aromatic rings. The van der Waals surface area contributed by atoms with Crippen LogP contribution in [0.1, 0.15) is 53.9 Å². The molecule has 2 aromatic carbocycles. The molecule has 5 nitrogen and oxygen atoms in total. The summed E-state index contributed by atoms with van der Waals surface area (Å²) in [4.78, 5) is 12.7. The fraction of sp³-hybridized carbons (Fsp3) is 0.409. The van der Waals surface area contributed by atoms with Crippen LogP contribution in [0.25, 0.3) is 0 Å². The van der Waals surface area contributed by atoms with E-state index in [1.807, 2.05) is 6.07 Å².